The molecule has 1 saturated heterocycles. The van der Waals surface area contributed by atoms with Crippen LogP contribution in [0.25, 0.3) is 0 Å². The van der Waals surface area contributed by atoms with E-state index in [1.54, 1.807) is 0 Å². The van der Waals surface area contributed by atoms with Gasteiger partial charge in [-0.15, -0.1) is 12.4 Å². The third-order valence-electron chi connectivity index (χ3n) is 3.72. The maximum atomic E-state index is 12.3. The van der Waals surface area contributed by atoms with Crippen molar-refractivity contribution in [3.05, 3.63) is 0 Å². The van der Waals surface area contributed by atoms with Crippen LogP contribution in [-0.4, -0.2) is 47.9 Å². The lowest BCUT2D eigenvalue weighted by Crippen LogP contribution is -2.49. The highest BCUT2D eigenvalue weighted by Crippen LogP contribution is 2.33. The molecule has 8 heteroatoms. The Labute approximate surface area is 124 Å². The topological polar surface area (TPSA) is 105 Å². The van der Waals surface area contributed by atoms with Crippen molar-refractivity contribution in [2.45, 2.75) is 37.6 Å². The summed E-state index contributed by atoms with van der Waals surface area (Å²) >= 11 is 0. The Morgan fingerprint density at radius 1 is 1.30 bits per heavy atom. The number of imide groups is 1. The molecule has 4 amide bonds. The smallest absolute Gasteiger partial charge is 0.325 e. The average Bonchev–Trinajstić information content (AvgIpc) is 2.62. The van der Waals surface area contributed by atoms with E-state index in [1.807, 2.05) is 0 Å². The molecule has 1 aliphatic carbocycles. The fourth-order valence-corrected chi connectivity index (χ4v) is 2.73. The van der Waals surface area contributed by atoms with Gasteiger partial charge in [-0.05, 0) is 12.8 Å². The van der Waals surface area contributed by atoms with Gasteiger partial charge in [-0.3, -0.25) is 14.5 Å². The molecule has 1 saturated carbocycles. The van der Waals surface area contributed by atoms with Crippen LogP contribution in [0.4, 0.5) is 4.79 Å². The van der Waals surface area contributed by atoms with Crippen molar-refractivity contribution in [2.75, 3.05) is 19.6 Å². The van der Waals surface area contributed by atoms with Gasteiger partial charge in [0.25, 0.3) is 5.91 Å². The molecule has 7 nitrogen and oxygen atoms in total. The summed E-state index contributed by atoms with van der Waals surface area (Å²) in [5, 5.41) is 5.32. The molecule has 0 bridgehead atoms. The molecule has 2 rings (SSSR count). The van der Waals surface area contributed by atoms with Crippen molar-refractivity contribution in [1.29, 1.82) is 0 Å². The molecular formula is C12H21ClN4O3. The zero-order valence-electron chi connectivity index (χ0n) is 11.3. The van der Waals surface area contributed by atoms with Crippen molar-refractivity contribution in [3.8, 4) is 0 Å². The van der Waals surface area contributed by atoms with Crippen LogP contribution in [-0.2, 0) is 9.59 Å². The largest absolute Gasteiger partial charge is 0.353 e. The summed E-state index contributed by atoms with van der Waals surface area (Å²) in [5.74, 6) is -0.623. The van der Waals surface area contributed by atoms with Gasteiger partial charge in [0.1, 0.15) is 12.1 Å². The summed E-state index contributed by atoms with van der Waals surface area (Å²) in [6, 6.07) is -0.463. The fourth-order valence-electron chi connectivity index (χ4n) is 2.73. The Hall–Kier alpha value is -1.34. The summed E-state index contributed by atoms with van der Waals surface area (Å²) in [6.45, 7) is 0.440. The second kappa shape index (κ2) is 6.90. The molecule has 20 heavy (non-hydrogen) atoms. The van der Waals surface area contributed by atoms with Gasteiger partial charge in [0, 0.05) is 13.1 Å². The maximum Gasteiger partial charge on any atom is 0.325 e. The summed E-state index contributed by atoms with van der Waals surface area (Å²) in [4.78, 5) is 36.8. The molecule has 2 fully saturated rings. The summed E-state index contributed by atoms with van der Waals surface area (Å²) < 4.78 is 0. The number of urea groups is 1. The molecule has 0 atom stereocenters. The minimum absolute atomic E-state index is 0. The highest BCUT2D eigenvalue weighted by Gasteiger charge is 2.51. The van der Waals surface area contributed by atoms with Gasteiger partial charge >= 0.3 is 6.03 Å². The highest BCUT2D eigenvalue weighted by molar-refractivity contribution is 6.09. The molecule has 0 aromatic heterocycles. The van der Waals surface area contributed by atoms with Crippen molar-refractivity contribution in [3.63, 3.8) is 0 Å². The van der Waals surface area contributed by atoms with Gasteiger partial charge in [0.2, 0.25) is 5.91 Å². The lowest BCUT2D eigenvalue weighted by Gasteiger charge is -2.30. The third-order valence-corrected chi connectivity index (χ3v) is 3.72. The molecule has 1 spiro atoms. The van der Waals surface area contributed by atoms with E-state index in [9.17, 15) is 14.4 Å². The van der Waals surface area contributed by atoms with Crippen LogP contribution in [0.2, 0.25) is 0 Å². The molecule has 0 aromatic rings. The zero-order valence-corrected chi connectivity index (χ0v) is 12.1. The minimum Gasteiger partial charge on any atom is -0.353 e. The van der Waals surface area contributed by atoms with E-state index in [0.29, 0.717) is 25.9 Å². The first-order chi connectivity index (χ1) is 9.09. The lowest BCUT2D eigenvalue weighted by atomic mass is 9.82. The van der Waals surface area contributed by atoms with E-state index in [4.69, 9.17) is 5.73 Å². The molecule has 1 heterocycles. The predicted octanol–water partition coefficient (Wildman–Crippen LogP) is -0.262. The number of hydrogen-bond acceptors (Lipinski definition) is 4. The highest BCUT2D eigenvalue weighted by atomic mass is 35.5. The van der Waals surface area contributed by atoms with Crippen LogP contribution >= 0.6 is 12.4 Å². The van der Waals surface area contributed by atoms with Crippen molar-refractivity contribution >= 4 is 30.3 Å². The lowest BCUT2D eigenvalue weighted by molar-refractivity contribution is -0.135. The SMILES string of the molecule is Cl.NCCNC(=O)CN1C(=O)NC2(CCCCC2)C1=O. The van der Waals surface area contributed by atoms with Crippen molar-refractivity contribution < 1.29 is 14.4 Å². The first kappa shape index (κ1) is 16.7. The number of hydrogen-bond donors (Lipinski definition) is 3. The second-order valence-electron chi connectivity index (χ2n) is 5.10. The van der Waals surface area contributed by atoms with Crippen LogP contribution in [0.15, 0.2) is 0 Å². The zero-order chi connectivity index (χ0) is 13.9. The molecule has 2 aliphatic rings. The normalized spacial score (nSPS) is 20.6. The first-order valence-corrected chi connectivity index (χ1v) is 6.70. The molecule has 0 aromatic carbocycles. The number of nitrogens with one attached hydrogen (secondary N) is 2. The van der Waals surface area contributed by atoms with E-state index < -0.39 is 11.6 Å². The number of carbonyl (C=O) groups is 3. The second-order valence-corrected chi connectivity index (χ2v) is 5.10. The Kier molecular flexibility index (Phi) is 5.76. The Bertz CT molecular complexity index is 396. The Morgan fingerprint density at radius 3 is 2.55 bits per heavy atom. The van der Waals surface area contributed by atoms with E-state index in [-0.39, 0.29) is 30.8 Å². The van der Waals surface area contributed by atoms with E-state index in [0.717, 1.165) is 24.2 Å². The van der Waals surface area contributed by atoms with Crippen molar-refractivity contribution in [1.82, 2.24) is 15.5 Å². The standard InChI is InChI=1S/C12H20N4O3.ClH/c13-6-7-14-9(17)8-16-10(18)12(15-11(16)19)4-2-1-3-5-12;/h1-8,13H2,(H,14,17)(H,15,19);1H. The summed E-state index contributed by atoms with van der Waals surface area (Å²) in [7, 11) is 0. The third kappa shape index (κ3) is 3.21. The average molecular weight is 305 g/mol. The van der Waals surface area contributed by atoms with Gasteiger partial charge in [0.05, 0.1) is 0 Å². The van der Waals surface area contributed by atoms with E-state index in [2.05, 4.69) is 10.6 Å². The fraction of sp³-hybridized carbons (Fsp3) is 0.750. The number of amides is 4. The van der Waals surface area contributed by atoms with Crippen molar-refractivity contribution in [2.24, 2.45) is 5.73 Å². The van der Waals surface area contributed by atoms with Gasteiger partial charge in [-0.1, -0.05) is 19.3 Å². The van der Waals surface area contributed by atoms with Crippen LogP contribution in [0.1, 0.15) is 32.1 Å². The number of nitrogens with zero attached hydrogens (tertiary/aromatic N) is 1. The Morgan fingerprint density at radius 2 is 1.95 bits per heavy atom. The summed E-state index contributed by atoms with van der Waals surface area (Å²) in [6.07, 6.45) is 4.28. The monoisotopic (exact) mass is 304 g/mol. The molecule has 1 aliphatic heterocycles. The molecular weight excluding hydrogens is 284 g/mol. The van der Waals surface area contributed by atoms with E-state index in [1.165, 1.54) is 0 Å². The van der Waals surface area contributed by atoms with Gasteiger partial charge < -0.3 is 16.4 Å². The molecule has 4 N–H and O–H groups in total. The van der Waals surface area contributed by atoms with Gasteiger partial charge in [-0.2, -0.15) is 0 Å². The van der Waals surface area contributed by atoms with Crippen LogP contribution in [0.3, 0.4) is 0 Å². The number of rotatable bonds is 4. The van der Waals surface area contributed by atoms with Crippen LogP contribution in [0, 0.1) is 0 Å². The molecule has 0 unspecified atom stereocenters. The van der Waals surface area contributed by atoms with Crippen LogP contribution in [0.5, 0.6) is 0 Å². The number of nitrogens with two attached hydrogens (primary N) is 1. The summed E-state index contributed by atoms with van der Waals surface area (Å²) in [5.41, 5.74) is 4.52. The van der Waals surface area contributed by atoms with Gasteiger partial charge in [0.15, 0.2) is 0 Å². The van der Waals surface area contributed by atoms with Crippen LogP contribution < -0.4 is 16.4 Å². The molecule has 0 radical (unpaired) electrons. The number of carbonyl (C=O) groups excluding carboxylic acids is 3. The minimum atomic E-state index is -0.760. The maximum absolute atomic E-state index is 12.3. The van der Waals surface area contributed by atoms with E-state index >= 15 is 0 Å². The first-order valence-electron chi connectivity index (χ1n) is 6.70. The van der Waals surface area contributed by atoms with Gasteiger partial charge in [-0.25, -0.2) is 4.79 Å². The predicted molar refractivity (Wildman–Crippen MR) is 75.4 cm³/mol. The Balaban J connectivity index is 0.00000200. The molecule has 114 valence electrons. The quantitative estimate of drug-likeness (QED) is 0.622. The number of halogens is 1.